The van der Waals surface area contributed by atoms with E-state index in [1.54, 1.807) is 6.08 Å². The average molecular weight is 355 g/mol. The first-order valence-electron chi connectivity index (χ1n) is 8.49. The lowest BCUT2D eigenvalue weighted by Gasteiger charge is -2.18. The van der Waals surface area contributed by atoms with Crippen molar-refractivity contribution in [1.82, 2.24) is 4.90 Å². The van der Waals surface area contributed by atoms with Crippen molar-refractivity contribution < 1.29 is 4.74 Å². The van der Waals surface area contributed by atoms with Crippen LogP contribution in [0, 0.1) is 11.3 Å². The molecule has 2 aromatic rings. The fraction of sp³-hybridized carbons (Fsp3) is 0.286. The number of benzene rings is 2. The Balaban J connectivity index is 2.05. The normalized spacial score (nSPS) is 11.4. The molecule has 0 saturated heterocycles. The van der Waals surface area contributed by atoms with Crippen LogP contribution in [0.5, 0.6) is 5.75 Å². The smallest absolute Gasteiger partial charge is 0.119 e. The van der Waals surface area contributed by atoms with Crippen molar-refractivity contribution in [1.29, 1.82) is 5.26 Å². The Kier molecular flexibility index (Phi) is 7.53. The lowest BCUT2D eigenvalue weighted by molar-refractivity contribution is 0.223. The number of likely N-dealkylation sites (N-methyl/N-ethyl adjacent to an activating group) is 1. The number of rotatable bonds is 8. The molecule has 0 aliphatic carbocycles. The highest BCUT2D eigenvalue weighted by atomic mass is 35.5. The Bertz CT molecular complexity index is 743. The standard InChI is InChI=1S/C21H23ClN2O/c1-3-24(4-2)13-14-25-20-11-9-17(10-12-20)19(16-23)15-18-7-5-6-8-21(18)22/h5-12,15H,3-4,13-14H2,1-2H3/b19-15+. The fourth-order valence-corrected chi connectivity index (χ4v) is 2.68. The summed E-state index contributed by atoms with van der Waals surface area (Å²) in [5.74, 6) is 0.811. The quantitative estimate of drug-likeness (QED) is 0.487. The molecule has 0 N–H and O–H groups in total. The SMILES string of the molecule is CCN(CC)CCOc1ccc(/C(C#N)=C/c2ccccc2Cl)cc1. The molecule has 0 amide bonds. The van der Waals surface area contributed by atoms with Crippen LogP contribution < -0.4 is 4.74 Å². The van der Waals surface area contributed by atoms with Crippen molar-refractivity contribution in [2.24, 2.45) is 0 Å². The first-order chi connectivity index (χ1) is 12.2. The second-order valence-corrected chi connectivity index (χ2v) is 6.00. The number of nitriles is 1. The number of hydrogen-bond acceptors (Lipinski definition) is 3. The van der Waals surface area contributed by atoms with E-state index < -0.39 is 0 Å². The summed E-state index contributed by atoms with van der Waals surface area (Å²) in [5, 5.41) is 10.1. The summed E-state index contributed by atoms with van der Waals surface area (Å²) in [6, 6.07) is 17.3. The van der Waals surface area contributed by atoms with Crippen molar-refractivity contribution in [3.63, 3.8) is 0 Å². The van der Waals surface area contributed by atoms with E-state index in [9.17, 15) is 5.26 Å². The van der Waals surface area contributed by atoms with Crippen LogP contribution in [-0.4, -0.2) is 31.1 Å². The van der Waals surface area contributed by atoms with Crippen LogP contribution in [0.15, 0.2) is 48.5 Å². The van der Waals surface area contributed by atoms with Crippen LogP contribution in [0.2, 0.25) is 5.02 Å². The molecule has 0 atom stereocenters. The Labute approximate surface area is 155 Å². The summed E-state index contributed by atoms with van der Waals surface area (Å²) in [7, 11) is 0. The second-order valence-electron chi connectivity index (χ2n) is 5.59. The number of halogens is 1. The highest BCUT2D eigenvalue weighted by Crippen LogP contribution is 2.24. The van der Waals surface area contributed by atoms with Crippen LogP contribution in [0.4, 0.5) is 0 Å². The molecule has 0 aliphatic heterocycles. The maximum Gasteiger partial charge on any atom is 0.119 e. The summed E-state index contributed by atoms with van der Waals surface area (Å²) in [5.41, 5.74) is 2.25. The van der Waals surface area contributed by atoms with Gasteiger partial charge in [-0.05, 0) is 60.6 Å². The van der Waals surface area contributed by atoms with Crippen molar-refractivity contribution in [3.8, 4) is 11.8 Å². The lowest BCUT2D eigenvalue weighted by atomic mass is 10.0. The van der Waals surface area contributed by atoms with E-state index >= 15 is 0 Å². The zero-order chi connectivity index (χ0) is 18.1. The minimum absolute atomic E-state index is 0.572. The Morgan fingerprint density at radius 1 is 1.12 bits per heavy atom. The van der Waals surface area contributed by atoms with Crippen molar-refractivity contribution in [2.75, 3.05) is 26.2 Å². The highest BCUT2D eigenvalue weighted by Gasteiger charge is 2.04. The van der Waals surface area contributed by atoms with Gasteiger partial charge in [-0.3, -0.25) is 0 Å². The fourth-order valence-electron chi connectivity index (χ4n) is 2.49. The van der Waals surface area contributed by atoms with Crippen LogP contribution in [0.1, 0.15) is 25.0 Å². The van der Waals surface area contributed by atoms with Gasteiger partial charge in [-0.2, -0.15) is 5.26 Å². The number of ether oxygens (including phenoxy) is 1. The zero-order valence-electron chi connectivity index (χ0n) is 14.7. The van der Waals surface area contributed by atoms with E-state index in [0.717, 1.165) is 36.5 Å². The Morgan fingerprint density at radius 2 is 1.80 bits per heavy atom. The average Bonchev–Trinajstić information content (AvgIpc) is 2.65. The van der Waals surface area contributed by atoms with Gasteiger partial charge in [-0.15, -0.1) is 0 Å². The van der Waals surface area contributed by atoms with Gasteiger partial charge in [-0.25, -0.2) is 0 Å². The van der Waals surface area contributed by atoms with Crippen LogP contribution >= 0.6 is 11.6 Å². The predicted molar refractivity (Wildman–Crippen MR) is 105 cm³/mol. The third-order valence-corrected chi connectivity index (χ3v) is 4.41. The largest absolute Gasteiger partial charge is 0.492 e. The van der Waals surface area contributed by atoms with Crippen LogP contribution in [0.25, 0.3) is 11.6 Å². The third kappa shape index (κ3) is 5.63. The van der Waals surface area contributed by atoms with Gasteiger partial charge >= 0.3 is 0 Å². The van der Waals surface area contributed by atoms with Gasteiger partial charge < -0.3 is 9.64 Å². The molecule has 0 aliphatic rings. The summed E-state index contributed by atoms with van der Waals surface area (Å²) >= 11 is 6.17. The molecule has 0 saturated carbocycles. The molecule has 25 heavy (non-hydrogen) atoms. The van der Waals surface area contributed by atoms with Crippen molar-refractivity contribution >= 4 is 23.3 Å². The van der Waals surface area contributed by atoms with Crippen LogP contribution in [-0.2, 0) is 0 Å². The molecule has 0 radical (unpaired) electrons. The minimum atomic E-state index is 0.572. The number of nitrogens with zero attached hydrogens (tertiary/aromatic N) is 2. The molecular formula is C21H23ClN2O. The molecule has 3 nitrogen and oxygen atoms in total. The summed E-state index contributed by atoms with van der Waals surface area (Å²) in [6.45, 7) is 7.90. The van der Waals surface area contributed by atoms with Gasteiger partial charge in [0.1, 0.15) is 12.4 Å². The maximum atomic E-state index is 9.46. The van der Waals surface area contributed by atoms with E-state index in [4.69, 9.17) is 16.3 Å². The van der Waals surface area contributed by atoms with Gasteiger partial charge in [0.2, 0.25) is 0 Å². The third-order valence-electron chi connectivity index (χ3n) is 4.06. The Morgan fingerprint density at radius 3 is 2.40 bits per heavy atom. The molecular weight excluding hydrogens is 332 g/mol. The molecule has 2 aromatic carbocycles. The number of allylic oxidation sites excluding steroid dienone is 1. The molecule has 0 heterocycles. The predicted octanol–water partition coefficient (Wildman–Crippen LogP) is 5.12. The molecule has 0 aromatic heterocycles. The summed E-state index contributed by atoms with van der Waals surface area (Å²) < 4.78 is 5.78. The van der Waals surface area contributed by atoms with Gasteiger partial charge in [0, 0.05) is 11.6 Å². The van der Waals surface area contributed by atoms with Gasteiger partial charge in [0.25, 0.3) is 0 Å². The van der Waals surface area contributed by atoms with E-state index in [2.05, 4.69) is 24.8 Å². The molecule has 4 heteroatoms. The molecule has 0 unspecified atom stereocenters. The molecule has 0 spiro atoms. The topological polar surface area (TPSA) is 36.3 Å². The van der Waals surface area contributed by atoms with Crippen molar-refractivity contribution in [2.45, 2.75) is 13.8 Å². The first-order valence-corrected chi connectivity index (χ1v) is 8.87. The van der Waals surface area contributed by atoms with Gasteiger partial charge in [-0.1, -0.05) is 43.6 Å². The highest BCUT2D eigenvalue weighted by molar-refractivity contribution is 6.32. The lowest BCUT2D eigenvalue weighted by Crippen LogP contribution is -2.27. The van der Waals surface area contributed by atoms with E-state index in [1.165, 1.54) is 0 Å². The maximum absolute atomic E-state index is 9.46. The van der Waals surface area contributed by atoms with Gasteiger partial charge in [0.15, 0.2) is 0 Å². The molecule has 0 fully saturated rings. The summed E-state index contributed by atoms with van der Waals surface area (Å²) in [6.07, 6.45) is 1.80. The summed E-state index contributed by atoms with van der Waals surface area (Å²) in [4.78, 5) is 2.31. The monoisotopic (exact) mass is 354 g/mol. The molecule has 2 rings (SSSR count). The van der Waals surface area contributed by atoms with E-state index in [0.29, 0.717) is 17.2 Å². The van der Waals surface area contributed by atoms with E-state index in [1.807, 2.05) is 48.5 Å². The zero-order valence-corrected chi connectivity index (χ0v) is 15.5. The minimum Gasteiger partial charge on any atom is -0.492 e. The molecule has 0 bridgehead atoms. The van der Waals surface area contributed by atoms with E-state index in [-0.39, 0.29) is 0 Å². The van der Waals surface area contributed by atoms with Crippen LogP contribution in [0.3, 0.4) is 0 Å². The number of hydrogen-bond donors (Lipinski definition) is 0. The van der Waals surface area contributed by atoms with Crippen molar-refractivity contribution in [3.05, 3.63) is 64.7 Å². The molecule has 130 valence electrons. The van der Waals surface area contributed by atoms with Gasteiger partial charge in [0.05, 0.1) is 11.6 Å². The second kappa shape index (κ2) is 9.88. The first kappa shape index (κ1) is 19.1. The Hall–Kier alpha value is -2.28.